The molecule has 2 rings (SSSR count). The van der Waals surface area contributed by atoms with Crippen molar-refractivity contribution < 1.29 is 14.3 Å². The molecule has 0 aromatic heterocycles. The summed E-state index contributed by atoms with van der Waals surface area (Å²) >= 11 is 6.03. The predicted octanol–water partition coefficient (Wildman–Crippen LogP) is 2.84. The van der Waals surface area contributed by atoms with Gasteiger partial charge >= 0.3 is 0 Å². The number of hydrogen-bond acceptors (Lipinski definition) is 3. The SMILES string of the molecule is CC(C)C(C)NC(=O)c1cc(Cl)c2c(c1)OCO2. The van der Waals surface area contributed by atoms with Crippen molar-refractivity contribution in [3.63, 3.8) is 0 Å². The van der Waals surface area contributed by atoms with E-state index in [1.165, 1.54) is 0 Å². The van der Waals surface area contributed by atoms with Gasteiger partial charge in [0.25, 0.3) is 5.91 Å². The fourth-order valence-electron chi connectivity index (χ4n) is 1.56. The lowest BCUT2D eigenvalue weighted by Crippen LogP contribution is -2.36. The van der Waals surface area contributed by atoms with Gasteiger partial charge in [0.05, 0.1) is 5.02 Å². The molecule has 1 aromatic carbocycles. The lowest BCUT2D eigenvalue weighted by molar-refractivity contribution is 0.0930. The van der Waals surface area contributed by atoms with Gasteiger partial charge in [0.2, 0.25) is 6.79 Å². The lowest BCUT2D eigenvalue weighted by atomic mass is 10.1. The summed E-state index contributed by atoms with van der Waals surface area (Å²) in [7, 11) is 0. The van der Waals surface area contributed by atoms with Crippen LogP contribution in [0.4, 0.5) is 0 Å². The number of amides is 1. The summed E-state index contributed by atoms with van der Waals surface area (Å²) in [6, 6.07) is 3.34. The van der Waals surface area contributed by atoms with Crippen LogP contribution < -0.4 is 14.8 Å². The number of nitrogens with one attached hydrogen (secondary N) is 1. The molecule has 1 unspecified atom stereocenters. The Hall–Kier alpha value is -1.42. The van der Waals surface area contributed by atoms with Crippen molar-refractivity contribution in [1.29, 1.82) is 0 Å². The average Bonchev–Trinajstić information content (AvgIpc) is 2.77. The number of ether oxygens (including phenoxy) is 2. The van der Waals surface area contributed by atoms with Gasteiger partial charge in [-0.1, -0.05) is 25.4 Å². The highest BCUT2D eigenvalue weighted by Crippen LogP contribution is 2.39. The summed E-state index contributed by atoms with van der Waals surface area (Å²) < 4.78 is 10.4. The molecule has 0 spiro atoms. The van der Waals surface area contributed by atoms with Gasteiger partial charge < -0.3 is 14.8 Å². The molecule has 0 fully saturated rings. The molecule has 1 aliphatic heterocycles. The van der Waals surface area contributed by atoms with Crippen molar-refractivity contribution in [2.24, 2.45) is 5.92 Å². The highest BCUT2D eigenvalue weighted by molar-refractivity contribution is 6.32. The molecule has 0 bridgehead atoms. The van der Waals surface area contributed by atoms with E-state index in [9.17, 15) is 4.79 Å². The third-order valence-corrected chi connectivity index (χ3v) is 3.33. The minimum atomic E-state index is -0.156. The van der Waals surface area contributed by atoms with Gasteiger partial charge in [-0.2, -0.15) is 0 Å². The van der Waals surface area contributed by atoms with Crippen molar-refractivity contribution in [3.8, 4) is 11.5 Å². The zero-order valence-corrected chi connectivity index (χ0v) is 11.4. The Morgan fingerprint density at radius 3 is 2.72 bits per heavy atom. The van der Waals surface area contributed by atoms with Gasteiger partial charge in [-0.05, 0) is 25.0 Å². The monoisotopic (exact) mass is 269 g/mol. The van der Waals surface area contributed by atoms with E-state index in [-0.39, 0.29) is 18.7 Å². The van der Waals surface area contributed by atoms with Crippen LogP contribution in [0.1, 0.15) is 31.1 Å². The molecule has 0 saturated carbocycles. The van der Waals surface area contributed by atoms with Crippen molar-refractivity contribution in [1.82, 2.24) is 5.32 Å². The van der Waals surface area contributed by atoms with Crippen molar-refractivity contribution in [2.75, 3.05) is 6.79 Å². The molecule has 1 heterocycles. The minimum absolute atomic E-state index is 0.0988. The summed E-state index contributed by atoms with van der Waals surface area (Å²) in [5.74, 6) is 1.24. The van der Waals surface area contributed by atoms with Crippen LogP contribution in [0.15, 0.2) is 12.1 Å². The van der Waals surface area contributed by atoms with E-state index in [1.54, 1.807) is 12.1 Å². The molecule has 4 nitrogen and oxygen atoms in total. The number of benzene rings is 1. The predicted molar refractivity (Wildman–Crippen MR) is 69.3 cm³/mol. The van der Waals surface area contributed by atoms with Crippen LogP contribution in [0.3, 0.4) is 0 Å². The third-order valence-electron chi connectivity index (χ3n) is 3.05. The lowest BCUT2D eigenvalue weighted by Gasteiger charge is -2.17. The summed E-state index contributed by atoms with van der Waals surface area (Å²) in [6.45, 7) is 6.22. The van der Waals surface area contributed by atoms with Crippen molar-refractivity contribution >= 4 is 17.5 Å². The molecule has 1 aliphatic rings. The Kier molecular flexibility index (Phi) is 3.66. The second kappa shape index (κ2) is 5.06. The molecular formula is C13H16ClNO3. The van der Waals surface area contributed by atoms with Gasteiger partial charge in [0.1, 0.15) is 0 Å². The highest BCUT2D eigenvalue weighted by Gasteiger charge is 2.21. The molecule has 1 amide bonds. The van der Waals surface area contributed by atoms with Crippen LogP contribution in [0.5, 0.6) is 11.5 Å². The Labute approximate surface area is 111 Å². The van der Waals surface area contributed by atoms with Crippen LogP contribution in [0, 0.1) is 5.92 Å². The number of fused-ring (bicyclic) bond motifs is 1. The zero-order chi connectivity index (χ0) is 13.3. The summed E-state index contributed by atoms with van der Waals surface area (Å²) in [5.41, 5.74) is 0.483. The van der Waals surface area contributed by atoms with E-state index in [0.29, 0.717) is 28.0 Å². The number of rotatable bonds is 3. The van der Waals surface area contributed by atoms with Gasteiger partial charge in [-0.3, -0.25) is 4.79 Å². The Bertz CT molecular complexity index is 474. The third kappa shape index (κ3) is 2.53. The van der Waals surface area contributed by atoms with Crippen molar-refractivity contribution in [3.05, 3.63) is 22.7 Å². The summed E-state index contributed by atoms with van der Waals surface area (Å²) in [4.78, 5) is 12.0. The maximum atomic E-state index is 12.0. The largest absolute Gasteiger partial charge is 0.454 e. The molecule has 1 aromatic rings. The number of carbonyl (C=O) groups excluding carboxylic acids is 1. The minimum Gasteiger partial charge on any atom is -0.454 e. The maximum absolute atomic E-state index is 12.0. The number of hydrogen-bond donors (Lipinski definition) is 1. The Balaban J connectivity index is 2.19. The quantitative estimate of drug-likeness (QED) is 0.918. The summed E-state index contributed by atoms with van der Waals surface area (Å²) in [6.07, 6.45) is 0. The molecule has 0 aliphatic carbocycles. The van der Waals surface area contributed by atoms with Crippen LogP contribution >= 0.6 is 11.6 Å². The summed E-state index contributed by atoms with van der Waals surface area (Å²) in [5, 5.41) is 3.32. The Morgan fingerprint density at radius 1 is 1.33 bits per heavy atom. The van der Waals surface area contributed by atoms with E-state index in [2.05, 4.69) is 19.2 Å². The first kappa shape index (κ1) is 13.0. The fourth-order valence-corrected chi connectivity index (χ4v) is 1.82. The maximum Gasteiger partial charge on any atom is 0.251 e. The molecule has 0 saturated heterocycles. The van der Waals surface area contributed by atoms with E-state index in [1.807, 2.05) is 6.92 Å². The molecule has 98 valence electrons. The zero-order valence-electron chi connectivity index (χ0n) is 10.6. The number of halogens is 1. The fraction of sp³-hybridized carbons (Fsp3) is 0.462. The molecule has 0 radical (unpaired) electrons. The highest BCUT2D eigenvalue weighted by atomic mass is 35.5. The van der Waals surface area contributed by atoms with E-state index in [0.717, 1.165) is 0 Å². The number of carbonyl (C=O) groups is 1. The van der Waals surface area contributed by atoms with E-state index < -0.39 is 0 Å². The molecule has 1 atom stereocenters. The van der Waals surface area contributed by atoms with Gasteiger partial charge in [0, 0.05) is 11.6 Å². The normalized spacial score (nSPS) is 14.7. The van der Waals surface area contributed by atoms with Gasteiger partial charge in [-0.25, -0.2) is 0 Å². The molecule has 18 heavy (non-hydrogen) atoms. The average molecular weight is 270 g/mol. The van der Waals surface area contributed by atoms with Crippen LogP contribution in [-0.4, -0.2) is 18.7 Å². The first-order valence-corrected chi connectivity index (χ1v) is 6.27. The van der Waals surface area contributed by atoms with E-state index in [4.69, 9.17) is 21.1 Å². The van der Waals surface area contributed by atoms with Gasteiger partial charge in [-0.15, -0.1) is 0 Å². The van der Waals surface area contributed by atoms with Gasteiger partial charge in [0.15, 0.2) is 11.5 Å². The topological polar surface area (TPSA) is 47.6 Å². The first-order chi connectivity index (χ1) is 8.49. The van der Waals surface area contributed by atoms with Crippen LogP contribution in [0.2, 0.25) is 5.02 Å². The molecule has 1 N–H and O–H groups in total. The van der Waals surface area contributed by atoms with Crippen LogP contribution in [-0.2, 0) is 0 Å². The molecule has 5 heteroatoms. The second-order valence-corrected chi connectivity index (χ2v) is 5.11. The standard InChI is InChI=1S/C13H16ClNO3/c1-7(2)8(3)15-13(16)9-4-10(14)12-11(5-9)17-6-18-12/h4-5,7-8H,6H2,1-3H3,(H,15,16). The van der Waals surface area contributed by atoms with Crippen molar-refractivity contribution in [2.45, 2.75) is 26.8 Å². The first-order valence-electron chi connectivity index (χ1n) is 5.89. The Morgan fingerprint density at radius 2 is 2.06 bits per heavy atom. The second-order valence-electron chi connectivity index (χ2n) is 4.70. The van der Waals surface area contributed by atoms with E-state index >= 15 is 0 Å². The van der Waals surface area contributed by atoms with Crippen LogP contribution in [0.25, 0.3) is 0 Å². The smallest absolute Gasteiger partial charge is 0.251 e. The molecular weight excluding hydrogens is 254 g/mol.